The van der Waals surface area contributed by atoms with E-state index in [0.717, 1.165) is 5.56 Å². The summed E-state index contributed by atoms with van der Waals surface area (Å²) in [5.41, 5.74) is 18.5. The molecule has 0 radical (unpaired) electrons. The molecule has 0 aliphatic rings. The zero-order chi connectivity index (χ0) is 26.0. The van der Waals surface area contributed by atoms with Crippen LogP contribution in [0.15, 0.2) is 57.7 Å². The van der Waals surface area contributed by atoms with E-state index in [2.05, 4.69) is 20.5 Å². The molecule has 0 unspecified atom stereocenters. The largest absolute Gasteiger partial charge is 0.480 e. The second kappa shape index (κ2) is 13.2. The number of aliphatic imine (C=N–C) groups is 1. The molecule has 35 heavy (non-hydrogen) atoms. The Morgan fingerprint density at radius 2 is 1.80 bits per heavy atom. The van der Waals surface area contributed by atoms with Crippen molar-refractivity contribution in [3.63, 3.8) is 0 Å². The number of carbonyl (C=O) groups excluding carboxylic acids is 2. The number of carboxylic acids is 1. The van der Waals surface area contributed by atoms with Gasteiger partial charge in [-0.3, -0.25) is 14.6 Å². The summed E-state index contributed by atoms with van der Waals surface area (Å²) in [7, 11) is 0. The lowest BCUT2D eigenvalue weighted by atomic mass is 9.99. The van der Waals surface area contributed by atoms with Gasteiger partial charge in [-0.1, -0.05) is 41.4 Å². The number of nitrogens with two attached hydrogens (primary N) is 3. The van der Waals surface area contributed by atoms with Crippen LogP contribution >= 0.6 is 11.6 Å². The SMILES string of the molecule is Cc1ccc(N=NC(=O)c2c(Cl)cccc2C[C@H](N)C(=O)N[C@@H](CCCN=C(N)N)C(=O)O)cc1. The maximum atomic E-state index is 12.7. The highest BCUT2D eigenvalue weighted by Gasteiger charge is 2.25. The van der Waals surface area contributed by atoms with Crippen molar-refractivity contribution in [3.8, 4) is 0 Å². The van der Waals surface area contributed by atoms with Crippen molar-refractivity contribution < 1.29 is 19.5 Å². The zero-order valence-corrected chi connectivity index (χ0v) is 19.9. The maximum absolute atomic E-state index is 12.7. The molecule has 2 aromatic carbocycles. The van der Waals surface area contributed by atoms with Crippen molar-refractivity contribution >= 4 is 41.0 Å². The van der Waals surface area contributed by atoms with Crippen LogP contribution in [0.4, 0.5) is 5.69 Å². The maximum Gasteiger partial charge on any atom is 0.326 e. The number of aryl methyl sites for hydroxylation is 1. The van der Waals surface area contributed by atoms with E-state index < -0.39 is 29.9 Å². The van der Waals surface area contributed by atoms with Crippen LogP contribution in [0.25, 0.3) is 0 Å². The minimum atomic E-state index is -1.22. The quantitative estimate of drug-likeness (QED) is 0.134. The number of carbonyl (C=O) groups is 3. The molecule has 0 heterocycles. The Morgan fingerprint density at radius 1 is 1.11 bits per heavy atom. The number of aliphatic carboxylic acids is 1. The molecule has 2 aromatic rings. The molecule has 12 heteroatoms. The van der Waals surface area contributed by atoms with Gasteiger partial charge in [0.25, 0.3) is 5.91 Å². The standard InChI is InChI=1S/C23H28ClN7O4/c1-13-7-9-15(10-8-13)30-31-21(33)19-14(4-2-5-16(19)24)12-17(25)20(32)29-18(22(34)35)6-3-11-28-23(26)27/h2,4-5,7-10,17-18H,3,6,11-12,25H2,1H3,(H,29,32)(H,34,35)(H4,26,27,28)/t17-,18-/m0/s1. The van der Waals surface area contributed by atoms with Gasteiger partial charge in [0.1, 0.15) is 6.04 Å². The average molecular weight is 502 g/mol. The predicted molar refractivity (Wildman–Crippen MR) is 133 cm³/mol. The fourth-order valence-corrected chi connectivity index (χ4v) is 3.39. The summed E-state index contributed by atoms with van der Waals surface area (Å²) in [5, 5.41) is 19.6. The average Bonchev–Trinajstić information content (AvgIpc) is 2.80. The normalized spacial score (nSPS) is 12.7. The topological polar surface area (TPSA) is 199 Å². The first-order chi connectivity index (χ1) is 16.6. The summed E-state index contributed by atoms with van der Waals surface area (Å²) in [4.78, 5) is 40.6. The number of guanidine groups is 1. The van der Waals surface area contributed by atoms with Crippen molar-refractivity contribution in [2.45, 2.75) is 38.3 Å². The second-order valence-electron chi connectivity index (χ2n) is 7.77. The van der Waals surface area contributed by atoms with Crippen LogP contribution in [-0.2, 0) is 16.0 Å². The first-order valence-corrected chi connectivity index (χ1v) is 11.1. The third-order valence-electron chi connectivity index (χ3n) is 4.94. The van der Waals surface area contributed by atoms with E-state index in [-0.39, 0.29) is 35.9 Å². The van der Waals surface area contributed by atoms with Crippen molar-refractivity contribution in [1.29, 1.82) is 0 Å². The molecule has 0 aliphatic heterocycles. The molecular weight excluding hydrogens is 474 g/mol. The molecule has 0 aromatic heterocycles. The van der Waals surface area contributed by atoms with E-state index in [1.165, 1.54) is 6.07 Å². The number of azo groups is 1. The predicted octanol–water partition coefficient (Wildman–Crippen LogP) is 2.07. The Hall–Kier alpha value is -3.83. The smallest absolute Gasteiger partial charge is 0.326 e. The number of halogens is 1. The van der Waals surface area contributed by atoms with Crippen molar-refractivity contribution in [3.05, 3.63) is 64.2 Å². The lowest BCUT2D eigenvalue weighted by Gasteiger charge is -2.18. The molecule has 2 rings (SSSR count). The van der Waals surface area contributed by atoms with Crippen LogP contribution in [0.3, 0.4) is 0 Å². The van der Waals surface area contributed by atoms with Gasteiger partial charge in [-0.05, 0) is 49.9 Å². The highest BCUT2D eigenvalue weighted by molar-refractivity contribution is 6.34. The highest BCUT2D eigenvalue weighted by Crippen LogP contribution is 2.23. The molecule has 0 fully saturated rings. The first kappa shape index (κ1) is 27.4. The molecule has 0 saturated carbocycles. The van der Waals surface area contributed by atoms with Gasteiger partial charge in [0, 0.05) is 6.54 Å². The van der Waals surface area contributed by atoms with Crippen LogP contribution in [-0.4, -0.2) is 47.5 Å². The van der Waals surface area contributed by atoms with Crippen LogP contribution in [0.5, 0.6) is 0 Å². The Bertz CT molecular complexity index is 1120. The van der Waals surface area contributed by atoms with E-state index in [1.54, 1.807) is 24.3 Å². The number of nitrogens with one attached hydrogen (secondary N) is 1. The van der Waals surface area contributed by atoms with E-state index >= 15 is 0 Å². The number of nitrogens with zero attached hydrogens (tertiary/aromatic N) is 3. The number of carboxylic acid groups (broad SMARTS) is 1. The lowest BCUT2D eigenvalue weighted by molar-refractivity contribution is -0.142. The summed E-state index contributed by atoms with van der Waals surface area (Å²) in [6.45, 7) is 2.14. The summed E-state index contributed by atoms with van der Waals surface area (Å²) in [6.07, 6.45) is 0.363. The fraction of sp³-hybridized carbons (Fsp3) is 0.304. The van der Waals surface area contributed by atoms with Gasteiger partial charge in [0.2, 0.25) is 5.91 Å². The van der Waals surface area contributed by atoms with Crippen molar-refractivity contribution in [1.82, 2.24) is 5.32 Å². The van der Waals surface area contributed by atoms with E-state index in [0.29, 0.717) is 17.7 Å². The Kier molecular flexibility index (Phi) is 10.3. The van der Waals surface area contributed by atoms with Gasteiger partial charge < -0.3 is 27.6 Å². The minimum Gasteiger partial charge on any atom is -0.480 e. The fourth-order valence-electron chi connectivity index (χ4n) is 3.11. The second-order valence-corrected chi connectivity index (χ2v) is 8.18. The molecule has 0 spiro atoms. The van der Waals surface area contributed by atoms with Crippen molar-refractivity contribution in [2.24, 2.45) is 32.4 Å². The zero-order valence-electron chi connectivity index (χ0n) is 19.1. The molecule has 0 bridgehead atoms. The third kappa shape index (κ3) is 8.80. The van der Waals surface area contributed by atoms with Gasteiger partial charge in [-0.2, -0.15) is 0 Å². The van der Waals surface area contributed by atoms with E-state index in [4.69, 9.17) is 28.8 Å². The van der Waals surface area contributed by atoms with Gasteiger partial charge >= 0.3 is 5.97 Å². The number of hydrogen-bond donors (Lipinski definition) is 5. The van der Waals surface area contributed by atoms with Crippen LogP contribution in [0, 0.1) is 6.92 Å². The van der Waals surface area contributed by atoms with E-state index in [1.807, 2.05) is 19.1 Å². The number of amides is 2. The minimum absolute atomic E-state index is 0.0697. The molecule has 8 N–H and O–H groups in total. The Morgan fingerprint density at radius 3 is 2.43 bits per heavy atom. The number of hydrogen-bond acceptors (Lipinski definition) is 6. The van der Waals surface area contributed by atoms with E-state index in [9.17, 15) is 19.5 Å². The Labute approximate surface area is 207 Å². The third-order valence-corrected chi connectivity index (χ3v) is 5.26. The van der Waals surface area contributed by atoms with Gasteiger partial charge in [-0.25, -0.2) is 4.79 Å². The molecule has 11 nitrogen and oxygen atoms in total. The first-order valence-electron chi connectivity index (χ1n) is 10.7. The molecule has 2 amide bonds. The Balaban J connectivity index is 2.10. The van der Waals surface area contributed by atoms with Crippen molar-refractivity contribution in [2.75, 3.05) is 6.54 Å². The molecule has 2 atom stereocenters. The molecule has 0 saturated heterocycles. The summed E-state index contributed by atoms with van der Waals surface area (Å²) < 4.78 is 0. The molecule has 0 aliphatic carbocycles. The van der Waals surface area contributed by atoms with Crippen LogP contribution < -0.4 is 22.5 Å². The molecule has 186 valence electrons. The number of rotatable bonds is 11. The summed E-state index contributed by atoms with van der Waals surface area (Å²) in [6, 6.07) is 9.51. The summed E-state index contributed by atoms with van der Waals surface area (Å²) >= 11 is 6.24. The van der Waals surface area contributed by atoms with Crippen LogP contribution in [0.2, 0.25) is 5.02 Å². The van der Waals surface area contributed by atoms with Crippen LogP contribution in [0.1, 0.15) is 34.3 Å². The van der Waals surface area contributed by atoms with Gasteiger partial charge in [0.15, 0.2) is 5.96 Å². The lowest BCUT2D eigenvalue weighted by Crippen LogP contribution is -2.49. The highest BCUT2D eigenvalue weighted by atomic mass is 35.5. The van der Waals surface area contributed by atoms with Gasteiger partial charge in [-0.15, -0.1) is 10.2 Å². The number of benzene rings is 2. The molecular formula is C23H28ClN7O4. The summed E-state index contributed by atoms with van der Waals surface area (Å²) in [5.74, 6) is -2.71. The van der Waals surface area contributed by atoms with Gasteiger partial charge in [0.05, 0.1) is 22.3 Å². The monoisotopic (exact) mass is 501 g/mol.